The highest BCUT2D eigenvalue weighted by Gasteiger charge is 2.40. The summed E-state index contributed by atoms with van der Waals surface area (Å²) in [7, 11) is 1.26. The summed E-state index contributed by atoms with van der Waals surface area (Å²) in [5.74, 6) is 0.782. The van der Waals surface area contributed by atoms with Gasteiger partial charge in [0.05, 0.1) is 19.8 Å². The molecule has 0 unspecified atom stereocenters. The van der Waals surface area contributed by atoms with Crippen LogP contribution >= 0.6 is 0 Å². The third-order valence-corrected chi connectivity index (χ3v) is 10.9. The van der Waals surface area contributed by atoms with Crippen molar-refractivity contribution in [2.24, 2.45) is 5.92 Å². The Balaban J connectivity index is 2.85. The molecule has 0 saturated carbocycles. The lowest BCUT2D eigenvalue weighted by Crippen LogP contribution is -2.45. The van der Waals surface area contributed by atoms with Gasteiger partial charge in [-0.05, 0) is 55.1 Å². The Labute approximate surface area is 202 Å². The van der Waals surface area contributed by atoms with Gasteiger partial charge in [-0.3, -0.25) is 0 Å². The van der Waals surface area contributed by atoms with Crippen LogP contribution in [-0.2, 0) is 25.2 Å². The lowest BCUT2D eigenvalue weighted by molar-refractivity contribution is -0.110. The van der Waals surface area contributed by atoms with Crippen molar-refractivity contribution in [1.82, 2.24) is 0 Å². The number of benzene rings is 1. The van der Waals surface area contributed by atoms with E-state index in [2.05, 4.69) is 40.4 Å². The average molecular weight is 483 g/mol. The standard InChI is InChI=1S/C26H46O6Si/c1-9-10-22(18-27)25(31-20-28-5)17-24(32-33(7,8)26(2,3)4)15-16-30-19-21-11-13-23(29-6)14-12-21/h9,11-14,22,24-25,27H,1,10,15-20H2,2-8H3/t22-,24-,25-/m1/s1. The van der Waals surface area contributed by atoms with E-state index in [-0.39, 0.29) is 36.6 Å². The maximum Gasteiger partial charge on any atom is 0.192 e. The molecule has 1 rings (SSSR count). The minimum atomic E-state index is -2.00. The summed E-state index contributed by atoms with van der Waals surface area (Å²) >= 11 is 0. The average Bonchev–Trinajstić information content (AvgIpc) is 2.77. The van der Waals surface area contributed by atoms with Crippen LogP contribution in [0.2, 0.25) is 18.1 Å². The Hall–Kier alpha value is -1.22. The molecule has 0 saturated heterocycles. The summed E-state index contributed by atoms with van der Waals surface area (Å²) in [6, 6.07) is 7.90. The fourth-order valence-corrected chi connectivity index (χ4v) is 4.71. The Morgan fingerprint density at radius 3 is 2.30 bits per heavy atom. The topological polar surface area (TPSA) is 66.4 Å². The van der Waals surface area contributed by atoms with Gasteiger partial charge in [-0.15, -0.1) is 6.58 Å². The first-order chi connectivity index (χ1) is 15.6. The van der Waals surface area contributed by atoms with E-state index in [0.717, 1.165) is 17.7 Å². The second-order valence-electron chi connectivity index (χ2n) is 10.0. The molecule has 7 heteroatoms. The van der Waals surface area contributed by atoms with Crippen molar-refractivity contribution in [3.63, 3.8) is 0 Å². The van der Waals surface area contributed by atoms with Crippen LogP contribution in [0.3, 0.4) is 0 Å². The van der Waals surface area contributed by atoms with Gasteiger partial charge in [0.1, 0.15) is 12.5 Å². The molecule has 1 aromatic carbocycles. The molecule has 0 heterocycles. The summed E-state index contributed by atoms with van der Waals surface area (Å²) in [4.78, 5) is 0. The number of ether oxygens (including phenoxy) is 4. The third-order valence-electron chi connectivity index (χ3n) is 6.40. The van der Waals surface area contributed by atoms with Crippen LogP contribution < -0.4 is 4.74 Å². The van der Waals surface area contributed by atoms with E-state index in [1.165, 1.54) is 0 Å². The van der Waals surface area contributed by atoms with Gasteiger partial charge in [-0.2, -0.15) is 0 Å². The highest BCUT2D eigenvalue weighted by Crippen LogP contribution is 2.38. The van der Waals surface area contributed by atoms with Gasteiger partial charge < -0.3 is 28.5 Å². The van der Waals surface area contributed by atoms with Crippen molar-refractivity contribution < 1.29 is 28.5 Å². The lowest BCUT2D eigenvalue weighted by Gasteiger charge is -2.40. The van der Waals surface area contributed by atoms with E-state index in [9.17, 15) is 5.11 Å². The molecule has 6 nitrogen and oxygen atoms in total. The van der Waals surface area contributed by atoms with Crippen LogP contribution in [0.25, 0.3) is 0 Å². The molecule has 0 aromatic heterocycles. The smallest absolute Gasteiger partial charge is 0.192 e. The number of aliphatic hydroxyl groups excluding tert-OH is 1. The van der Waals surface area contributed by atoms with E-state index in [4.69, 9.17) is 23.4 Å². The molecular formula is C26H46O6Si. The molecule has 190 valence electrons. The van der Waals surface area contributed by atoms with Crippen LogP contribution in [0.1, 0.15) is 45.6 Å². The molecule has 1 aromatic rings. The summed E-state index contributed by atoms with van der Waals surface area (Å²) in [6.45, 7) is 16.4. The van der Waals surface area contributed by atoms with Crippen molar-refractivity contribution in [3.05, 3.63) is 42.5 Å². The molecule has 0 aliphatic heterocycles. The predicted octanol–water partition coefficient (Wildman–Crippen LogP) is 5.56. The Bertz CT molecular complexity index is 656. The second-order valence-corrected chi connectivity index (χ2v) is 14.8. The Morgan fingerprint density at radius 2 is 1.79 bits per heavy atom. The lowest BCUT2D eigenvalue weighted by atomic mass is 9.94. The minimum Gasteiger partial charge on any atom is -0.497 e. The summed E-state index contributed by atoms with van der Waals surface area (Å²) in [6.07, 6.45) is 3.69. The first kappa shape index (κ1) is 29.8. The number of methoxy groups -OCH3 is 2. The van der Waals surface area contributed by atoms with Crippen molar-refractivity contribution >= 4 is 8.32 Å². The van der Waals surface area contributed by atoms with Gasteiger partial charge in [-0.1, -0.05) is 39.0 Å². The van der Waals surface area contributed by atoms with Gasteiger partial charge in [0.15, 0.2) is 8.32 Å². The van der Waals surface area contributed by atoms with E-state index >= 15 is 0 Å². The van der Waals surface area contributed by atoms with Crippen LogP contribution in [0.15, 0.2) is 36.9 Å². The van der Waals surface area contributed by atoms with E-state index in [1.807, 2.05) is 30.3 Å². The molecular weight excluding hydrogens is 436 g/mol. The molecule has 0 aliphatic carbocycles. The fourth-order valence-electron chi connectivity index (χ4n) is 3.31. The van der Waals surface area contributed by atoms with Crippen LogP contribution in [0, 0.1) is 5.92 Å². The number of rotatable bonds is 17. The molecule has 3 atom stereocenters. The van der Waals surface area contributed by atoms with Crippen molar-refractivity contribution in [1.29, 1.82) is 0 Å². The number of hydrogen-bond donors (Lipinski definition) is 1. The minimum absolute atomic E-state index is 0.0290. The maximum atomic E-state index is 9.94. The molecule has 0 amide bonds. The first-order valence-corrected chi connectivity index (χ1v) is 14.7. The summed E-state index contributed by atoms with van der Waals surface area (Å²) < 4.78 is 29.1. The number of hydrogen-bond acceptors (Lipinski definition) is 6. The fraction of sp³-hybridized carbons (Fsp3) is 0.692. The third kappa shape index (κ3) is 10.7. The molecule has 0 aliphatic rings. The normalized spacial score (nSPS) is 15.2. The molecule has 0 spiro atoms. The monoisotopic (exact) mass is 482 g/mol. The largest absolute Gasteiger partial charge is 0.497 e. The predicted molar refractivity (Wildman–Crippen MR) is 136 cm³/mol. The SMILES string of the molecule is C=CC[C@H](CO)[C@@H](C[C@@H](CCOCc1ccc(OC)cc1)O[Si](C)(C)C(C)(C)C)OCOC. The van der Waals surface area contributed by atoms with Gasteiger partial charge in [-0.25, -0.2) is 0 Å². The van der Waals surface area contributed by atoms with E-state index < -0.39 is 8.32 Å². The van der Waals surface area contributed by atoms with Crippen molar-refractivity contribution in [2.45, 2.75) is 77.0 Å². The molecule has 0 bridgehead atoms. The van der Waals surface area contributed by atoms with Gasteiger partial charge in [0, 0.05) is 32.3 Å². The van der Waals surface area contributed by atoms with Crippen LogP contribution in [0.5, 0.6) is 5.75 Å². The zero-order valence-corrected chi connectivity index (χ0v) is 22.8. The number of allylic oxidation sites excluding steroid dienone is 1. The molecule has 33 heavy (non-hydrogen) atoms. The summed E-state index contributed by atoms with van der Waals surface area (Å²) in [5, 5.41) is 10.0. The first-order valence-electron chi connectivity index (χ1n) is 11.8. The summed E-state index contributed by atoms with van der Waals surface area (Å²) in [5.41, 5.74) is 1.10. The highest BCUT2D eigenvalue weighted by molar-refractivity contribution is 6.74. The maximum absolute atomic E-state index is 9.94. The van der Waals surface area contributed by atoms with E-state index in [0.29, 0.717) is 26.1 Å². The Morgan fingerprint density at radius 1 is 1.12 bits per heavy atom. The zero-order valence-electron chi connectivity index (χ0n) is 21.8. The van der Waals surface area contributed by atoms with Gasteiger partial charge in [0.25, 0.3) is 0 Å². The van der Waals surface area contributed by atoms with Crippen LogP contribution in [-0.4, -0.2) is 59.9 Å². The van der Waals surface area contributed by atoms with Crippen LogP contribution in [0.4, 0.5) is 0 Å². The van der Waals surface area contributed by atoms with Gasteiger partial charge >= 0.3 is 0 Å². The van der Waals surface area contributed by atoms with Gasteiger partial charge in [0.2, 0.25) is 0 Å². The molecule has 0 radical (unpaired) electrons. The zero-order chi connectivity index (χ0) is 24.9. The highest BCUT2D eigenvalue weighted by atomic mass is 28.4. The van der Waals surface area contributed by atoms with E-state index in [1.54, 1.807) is 14.2 Å². The quantitative estimate of drug-likeness (QED) is 0.136. The van der Waals surface area contributed by atoms with Crippen molar-refractivity contribution in [2.75, 3.05) is 34.2 Å². The Kier molecular flexibility index (Phi) is 13.5. The number of aliphatic hydroxyl groups is 1. The molecule has 1 N–H and O–H groups in total. The second kappa shape index (κ2) is 14.9. The van der Waals surface area contributed by atoms with Crippen molar-refractivity contribution in [3.8, 4) is 5.75 Å². The molecule has 0 fully saturated rings.